The number of nitrogens with zero attached hydrogens (tertiary/aromatic N) is 4. The average molecular weight is 745 g/mol. The first-order chi connectivity index (χ1) is 28.3. The molecule has 0 atom stereocenters. The Labute approximate surface area is 340 Å². The number of rotatable bonds is 6. The van der Waals surface area contributed by atoms with Crippen LogP contribution in [-0.2, 0) is 0 Å². The van der Waals surface area contributed by atoms with Gasteiger partial charge in [0, 0.05) is 34.1 Å². The second-order valence-electron chi connectivity index (χ2n) is 15.2. The van der Waals surface area contributed by atoms with Crippen LogP contribution >= 0.6 is 0 Å². The molecule has 1 aliphatic carbocycles. The van der Waals surface area contributed by atoms with Crippen LogP contribution in [0.2, 0.25) is 0 Å². The van der Waals surface area contributed by atoms with Crippen LogP contribution in [0, 0.1) is 50.4 Å². The number of hydrogen-bond acceptors (Lipinski definition) is 4. The van der Waals surface area contributed by atoms with Crippen LogP contribution in [0.3, 0.4) is 0 Å². The van der Waals surface area contributed by atoms with E-state index in [1.54, 1.807) is 0 Å². The van der Waals surface area contributed by atoms with E-state index in [-0.39, 0.29) is 0 Å². The fraction of sp³-hybridized carbons (Fsp3) is 0.0741. The Hall–Kier alpha value is -7.66. The molecule has 0 saturated heterocycles. The first-order valence-corrected chi connectivity index (χ1v) is 19.5. The highest BCUT2D eigenvalue weighted by Gasteiger charge is 2.26. The Kier molecular flexibility index (Phi) is 9.17. The molecule has 0 fully saturated rings. The molecule has 0 radical (unpaired) electrons. The van der Waals surface area contributed by atoms with E-state index in [2.05, 4.69) is 195 Å². The summed E-state index contributed by atoms with van der Waals surface area (Å²) in [5.74, 6) is 0. The lowest BCUT2D eigenvalue weighted by molar-refractivity contribution is 1.26. The zero-order chi connectivity index (χ0) is 39.9. The predicted molar refractivity (Wildman–Crippen MR) is 239 cm³/mol. The Balaban J connectivity index is 1.33. The van der Waals surface area contributed by atoms with Gasteiger partial charge in [0.05, 0.1) is 23.3 Å². The second kappa shape index (κ2) is 14.8. The molecule has 9 rings (SSSR count). The molecule has 58 heavy (non-hydrogen) atoms. The maximum Gasteiger partial charge on any atom is 0.0991 e. The van der Waals surface area contributed by atoms with E-state index in [9.17, 15) is 10.5 Å². The summed E-state index contributed by atoms with van der Waals surface area (Å²) < 4.78 is 0. The number of hydrogen-bond donors (Lipinski definition) is 0. The highest BCUT2D eigenvalue weighted by Crippen LogP contribution is 2.51. The fourth-order valence-electron chi connectivity index (χ4n) is 8.07. The van der Waals surface area contributed by atoms with Crippen molar-refractivity contribution in [1.29, 1.82) is 10.5 Å². The van der Waals surface area contributed by atoms with E-state index in [1.807, 2.05) is 24.3 Å². The monoisotopic (exact) mass is 744 g/mol. The largest absolute Gasteiger partial charge is 0.310 e. The number of nitriles is 2. The highest BCUT2D eigenvalue weighted by atomic mass is 15.1. The summed E-state index contributed by atoms with van der Waals surface area (Å²) in [5, 5.41) is 20.4. The Morgan fingerprint density at radius 3 is 0.793 bits per heavy atom. The van der Waals surface area contributed by atoms with Crippen molar-refractivity contribution in [1.82, 2.24) is 0 Å². The molecule has 0 unspecified atom stereocenters. The zero-order valence-corrected chi connectivity index (χ0v) is 33.0. The van der Waals surface area contributed by atoms with Crippen LogP contribution in [0.4, 0.5) is 34.1 Å². The van der Waals surface area contributed by atoms with Crippen molar-refractivity contribution in [2.45, 2.75) is 27.7 Å². The summed E-state index contributed by atoms with van der Waals surface area (Å²) in [6.45, 7) is 8.43. The van der Waals surface area contributed by atoms with Gasteiger partial charge in [-0.25, -0.2) is 0 Å². The molecule has 1 aliphatic rings. The normalized spacial score (nSPS) is 11.1. The third kappa shape index (κ3) is 6.58. The van der Waals surface area contributed by atoms with Crippen molar-refractivity contribution in [3.05, 3.63) is 203 Å². The van der Waals surface area contributed by atoms with Crippen LogP contribution < -0.4 is 9.80 Å². The summed E-state index contributed by atoms with van der Waals surface area (Å²) in [5.41, 5.74) is 20.2. The lowest BCUT2D eigenvalue weighted by Crippen LogP contribution is -2.11. The van der Waals surface area contributed by atoms with Gasteiger partial charge in [-0.15, -0.1) is 0 Å². The number of benzene rings is 8. The molecule has 0 spiro atoms. The summed E-state index contributed by atoms with van der Waals surface area (Å²) in [6.07, 6.45) is 0. The first-order valence-electron chi connectivity index (χ1n) is 19.5. The molecule has 4 heteroatoms. The lowest BCUT2D eigenvalue weighted by atomic mass is 9.79. The summed E-state index contributed by atoms with van der Waals surface area (Å²) in [4.78, 5) is 4.59. The van der Waals surface area contributed by atoms with Crippen LogP contribution in [0.15, 0.2) is 170 Å². The Morgan fingerprint density at radius 2 is 0.517 bits per heavy atom. The van der Waals surface area contributed by atoms with Crippen LogP contribution in [0.1, 0.15) is 33.4 Å². The van der Waals surface area contributed by atoms with Crippen molar-refractivity contribution in [3.63, 3.8) is 0 Å². The quantitative estimate of drug-likeness (QED) is 0.170. The van der Waals surface area contributed by atoms with E-state index in [1.165, 1.54) is 22.3 Å². The fourth-order valence-corrected chi connectivity index (χ4v) is 8.07. The topological polar surface area (TPSA) is 54.1 Å². The second-order valence-corrected chi connectivity index (χ2v) is 15.2. The molecule has 8 aromatic rings. The predicted octanol–water partition coefficient (Wildman–Crippen LogP) is 14.6. The summed E-state index contributed by atoms with van der Waals surface area (Å²) in [6, 6.07) is 64.6. The standard InChI is InChI=1S/C54H40N4/c1-35-5-15-41(16-6-35)57(42-17-7-36(2)8-18-42)45-23-27-49-50-28-24-46(58(43-19-9-37(3)10-20-43)44-21-11-38(4)12-22-44)32-54(50)52-30-40(34-56)14-26-48(52)47-25-13-39(33-55)29-51(47)53(49)31-45/h5-32H,1-4H3. The van der Waals surface area contributed by atoms with E-state index in [4.69, 9.17) is 0 Å². The molecule has 0 heterocycles. The zero-order valence-electron chi connectivity index (χ0n) is 33.0. The van der Waals surface area contributed by atoms with E-state index in [0.29, 0.717) is 11.1 Å². The minimum absolute atomic E-state index is 0.585. The molecule has 276 valence electrons. The van der Waals surface area contributed by atoms with Crippen molar-refractivity contribution in [2.75, 3.05) is 9.80 Å². The van der Waals surface area contributed by atoms with Crippen molar-refractivity contribution >= 4 is 34.1 Å². The molecule has 4 nitrogen and oxygen atoms in total. The maximum absolute atomic E-state index is 10.2. The van der Waals surface area contributed by atoms with E-state index >= 15 is 0 Å². The number of aryl methyl sites for hydroxylation is 4. The average Bonchev–Trinajstić information content (AvgIpc) is 3.25. The van der Waals surface area contributed by atoms with Gasteiger partial charge >= 0.3 is 0 Å². The van der Waals surface area contributed by atoms with E-state index < -0.39 is 0 Å². The molecule has 0 N–H and O–H groups in total. The van der Waals surface area contributed by atoms with E-state index in [0.717, 1.165) is 78.6 Å². The third-order valence-electron chi connectivity index (χ3n) is 11.1. The van der Waals surface area contributed by atoms with Gasteiger partial charge in [0.25, 0.3) is 0 Å². The summed E-state index contributed by atoms with van der Waals surface area (Å²) in [7, 11) is 0. The maximum atomic E-state index is 10.2. The Bertz CT molecular complexity index is 2630. The third-order valence-corrected chi connectivity index (χ3v) is 11.1. The minimum atomic E-state index is 0.585. The van der Waals surface area contributed by atoms with Gasteiger partial charge in [-0.2, -0.15) is 10.5 Å². The van der Waals surface area contributed by atoms with Gasteiger partial charge in [-0.3, -0.25) is 0 Å². The smallest absolute Gasteiger partial charge is 0.0991 e. The summed E-state index contributed by atoms with van der Waals surface area (Å²) >= 11 is 0. The van der Waals surface area contributed by atoms with Crippen LogP contribution in [-0.4, -0.2) is 0 Å². The SMILES string of the molecule is Cc1ccc(N(c2ccc(C)cc2)c2ccc3c(c2)-c2cc(C#N)ccc2-c2ccc(C#N)cc2-c2cc(N(c4ccc(C)cc4)c4ccc(C)cc4)ccc2-3)cc1. The Morgan fingerprint density at radius 1 is 0.276 bits per heavy atom. The van der Waals surface area contributed by atoms with Gasteiger partial charge in [0.2, 0.25) is 0 Å². The van der Waals surface area contributed by atoms with Crippen molar-refractivity contribution < 1.29 is 0 Å². The van der Waals surface area contributed by atoms with Gasteiger partial charge in [0.15, 0.2) is 0 Å². The molecular weight excluding hydrogens is 705 g/mol. The van der Waals surface area contributed by atoms with Gasteiger partial charge in [0.1, 0.15) is 0 Å². The lowest BCUT2D eigenvalue weighted by Gasteiger charge is -2.30. The highest BCUT2D eigenvalue weighted by molar-refractivity contribution is 6.05. The van der Waals surface area contributed by atoms with Crippen LogP contribution in [0.5, 0.6) is 0 Å². The molecule has 8 aromatic carbocycles. The molecular formula is C54H40N4. The van der Waals surface area contributed by atoms with Gasteiger partial charge < -0.3 is 9.80 Å². The number of anilines is 6. The molecule has 0 saturated carbocycles. The molecule has 0 aromatic heterocycles. The van der Waals surface area contributed by atoms with Crippen molar-refractivity contribution in [2.24, 2.45) is 0 Å². The van der Waals surface area contributed by atoms with Crippen molar-refractivity contribution in [3.8, 4) is 56.6 Å². The number of fused-ring (bicyclic) bond motifs is 8. The van der Waals surface area contributed by atoms with Gasteiger partial charge in [-0.05, 0) is 169 Å². The molecule has 0 aliphatic heterocycles. The minimum Gasteiger partial charge on any atom is -0.310 e. The van der Waals surface area contributed by atoms with Gasteiger partial charge in [-0.1, -0.05) is 95.1 Å². The molecule has 0 bridgehead atoms. The first kappa shape index (κ1) is 36.0. The molecule has 0 amide bonds. The van der Waals surface area contributed by atoms with Crippen LogP contribution in [0.25, 0.3) is 44.5 Å².